The van der Waals surface area contributed by atoms with E-state index in [4.69, 9.17) is 0 Å². The molecule has 2 rings (SSSR count). The van der Waals surface area contributed by atoms with E-state index in [-0.39, 0.29) is 6.04 Å². The average molecular weight is 262 g/mol. The average Bonchev–Trinajstić information content (AvgIpc) is 2.63. The van der Waals surface area contributed by atoms with Crippen molar-refractivity contribution in [2.45, 2.75) is 40.7 Å². The highest BCUT2D eigenvalue weighted by Crippen LogP contribution is 2.26. The molecule has 0 bridgehead atoms. The zero-order valence-corrected chi connectivity index (χ0v) is 12.2. The Balaban J connectivity index is 2.18. The highest BCUT2D eigenvalue weighted by Gasteiger charge is 2.13. The van der Waals surface area contributed by atoms with Crippen molar-refractivity contribution in [2.24, 2.45) is 0 Å². The molecular formula is C13H18N4S. The molecule has 5 heteroatoms. The van der Waals surface area contributed by atoms with Crippen LogP contribution in [0.2, 0.25) is 0 Å². The molecule has 0 saturated heterocycles. The second kappa shape index (κ2) is 5.02. The van der Waals surface area contributed by atoms with Gasteiger partial charge in [0.2, 0.25) is 0 Å². The molecule has 2 heterocycles. The van der Waals surface area contributed by atoms with Gasteiger partial charge in [-0.3, -0.25) is 4.98 Å². The van der Waals surface area contributed by atoms with E-state index in [1.54, 1.807) is 17.5 Å². The SMILES string of the molecule is Cc1nc(C)c(C(C)Nc2cnc(C)c(C)n2)s1. The lowest BCUT2D eigenvalue weighted by atomic mass is 10.2. The van der Waals surface area contributed by atoms with Crippen LogP contribution in [0.15, 0.2) is 6.20 Å². The second-order valence-electron chi connectivity index (χ2n) is 4.47. The Morgan fingerprint density at radius 2 is 1.78 bits per heavy atom. The molecule has 2 aromatic heterocycles. The monoisotopic (exact) mass is 262 g/mol. The smallest absolute Gasteiger partial charge is 0.145 e. The first-order valence-electron chi connectivity index (χ1n) is 5.98. The van der Waals surface area contributed by atoms with Crippen LogP contribution in [-0.4, -0.2) is 15.0 Å². The predicted molar refractivity (Wildman–Crippen MR) is 75.1 cm³/mol. The third-order valence-electron chi connectivity index (χ3n) is 2.89. The van der Waals surface area contributed by atoms with Gasteiger partial charge >= 0.3 is 0 Å². The van der Waals surface area contributed by atoms with Crippen molar-refractivity contribution in [3.8, 4) is 0 Å². The largest absolute Gasteiger partial charge is 0.361 e. The van der Waals surface area contributed by atoms with Crippen molar-refractivity contribution < 1.29 is 0 Å². The van der Waals surface area contributed by atoms with Crippen LogP contribution in [0.25, 0.3) is 0 Å². The first-order valence-corrected chi connectivity index (χ1v) is 6.79. The number of aryl methyl sites for hydroxylation is 4. The van der Waals surface area contributed by atoms with Crippen molar-refractivity contribution in [3.05, 3.63) is 33.2 Å². The Labute approximate surface area is 112 Å². The Bertz CT molecular complexity index is 562. The summed E-state index contributed by atoms with van der Waals surface area (Å²) in [6.07, 6.45) is 1.78. The van der Waals surface area contributed by atoms with Gasteiger partial charge < -0.3 is 5.32 Å². The predicted octanol–water partition coefficient (Wildman–Crippen LogP) is 3.34. The summed E-state index contributed by atoms with van der Waals surface area (Å²) >= 11 is 1.73. The summed E-state index contributed by atoms with van der Waals surface area (Å²) in [6.45, 7) is 10.1. The summed E-state index contributed by atoms with van der Waals surface area (Å²) in [4.78, 5) is 14.5. The minimum atomic E-state index is 0.201. The Morgan fingerprint density at radius 3 is 2.33 bits per heavy atom. The lowest BCUT2D eigenvalue weighted by Crippen LogP contribution is -2.09. The van der Waals surface area contributed by atoms with E-state index in [1.807, 2.05) is 27.7 Å². The van der Waals surface area contributed by atoms with Gasteiger partial charge in [0.25, 0.3) is 0 Å². The lowest BCUT2D eigenvalue weighted by molar-refractivity contribution is 0.870. The molecular weight excluding hydrogens is 244 g/mol. The molecule has 0 aliphatic heterocycles. The lowest BCUT2D eigenvalue weighted by Gasteiger charge is -2.14. The molecule has 0 aliphatic carbocycles. The molecule has 0 aromatic carbocycles. The third kappa shape index (κ3) is 2.67. The highest BCUT2D eigenvalue weighted by molar-refractivity contribution is 7.11. The van der Waals surface area contributed by atoms with E-state index < -0.39 is 0 Å². The van der Waals surface area contributed by atoms with Crippen molar-refractivity contribution in [3.63, 3.8) is 0 Å². The zero-order valence-electron chi connectivity index (χ0n) is 11.4. The Morgan fingerprint density at radius 1 is 1.06 bits per heavy atom. The van der Waals surface area contributed by atoms with Gasteiger partial charge in [0.05, 0.1) is 34.3 Å². The minimum absolute atomic E-state index is 0.201. The maximum Gasteiger partial charge on any atom is 0.145 e. The summed E-state index contributed by atoms with van der Waals surface area (Å²) in [5.41, 5.74) is 3.02. The van der Waals surface area contributed by atoms with Gasteiger partial charge in [0.1, 0.15) is 5.82 Å². The van der Waals surface area contributed by atoms with Crippen molar-refractivity contribution in [2.75, 3.05) is 5.32 Å². The Hall–Kier alpha value is -1.49. The van der Waals surface area contributed by atoms with Gasteiger partial charge in [-0.25, -0.2) is 9.97 Å². The van der Waals surface area contributed by atoms with E-state index in [2.05, 4.69) is 27.2 Å². The molecule has 0 fully saturated rings. The topological polar surface area (TPSA) is 50.7 Å². The molecule has 0 radical (unpaired) electrons. The quantitative estimate of drug-likeness (QED) is 0.921. The van der Waals surface area contributed by atoms with Crippen LogP contribution in [0.1, 0.15) is 39.9 Å². The molecule has 96 valence electrons. The summed E-state index contributed by atoms with van der Waals surface area (Å²) in [5.74, 6) is 0.816. The van der Waals surface area contributed by atoms with Crippen LogP contribution >= 0.6 is 11.3 Å². The first-order chi connectivity index (χ1) is 8.47. The Kier molecular flexibility index (Phi) is 3.61. The molecule has 18 heavy (non-hydrogen) atoms. The highest BCUT2D eigenvalue weighted by atomic mass is 32.1. The van der Waals surface area contributed by atoms with Crippen LogP contribution < -0.4 is 5.32 Å². The fraction of sp³-hybridized carbons (Fsp3) is 0.462. The van der Waals surface area contributed by atoms with E-state index in [9.17, 15) is 0 Å². The molecule has 1 unspecified atom stereocenters. The number of nitrogens with one attached hydrogen (secondary N) is 1. The normalized spacial score (nSPS) is 12.5. The standard InChI is InChI=1S/C13H18N4S/c1-7-8(2)16-12(6-14-7)17-10(4)13-9(3)15-11(5)18-13/h6,10H,1-5H3,(H,16,17). The van der Waals surface area contributed by atoms with E-state index in [1.165, 1.54) is 4.88 Å². The van der Waals surface area contributed by atoms with Gasteiger partial charge in [0.15, 0.2) is 0 Å². The molecule has 0 spiro atoms. The summed E-state index contributed by atoms with van der Waals surface area (Å²) in [5, 5.41) is 4.48. The minimum Gasteiger partial charge on any atom is -0.361 e. The summed E-state index contributed by atoms with van der Waals surface area (Å²) < 4.78 is 0. The van der Waals surface area contributed by atoms with Gasteiger partial charge in [0, 0.05) is 4.88 Å². The van der Waals surface area contributed by atoms with Crippen molar-refractivity contribution in [1.82, 2.24) is 15.0 Å². The fourth-order valence-electron chi connectivity index (χ4n) is 1.85. The van der Waals surface area contributed by atoms with Crippen LogP contribution in [0.3, 0.4) is 0 Å². The van der Waals surface area contributed by atoms with Crippen LogP contribution in [-0.2, 0) is 0 Å². The van der Waals surface area contributed by atoms with Crippen molar-refractivity contribution in [1.29, 1.82) is 0 Å². The van der Waals surface area contributed by atoms with Crippen LogP contribution in [0.5, 0.6) is 0 Å². The van der Waals surface area contributed by atoms with Gasteiger partial charge in [-0.15, -0.1) is 11.3 Å². The number of aromatic nitrogens is 3. The molecule has 0 amide bonds. The molecule has 4 nitrogen and oxygen atoms in total. The number of nitrogens with zero attached hydrogens (tertiary/aromatic N) is 3. The first kappa shape index (κ1) is 13.0. The van der Waals surface area contributed by atoms with E-state index >= 15 is 0 Å². The number of anilines is 1. The molecule has 0 aliphatic rings. The maximum atomic E-state index is 4.49. The van der Waals surface area contributed by atoms with E-state index in [0.717, 1.165) is 27.9 Å². The summed E-state index contributed by atoms with van der Waals surface area (Å²) in [6, 6.07) is 0.201. The second-order valence-corrected chi connectivity index (χ2v) is 5.71. The van der Waals surface area contributed by atoms with Crippen molar-refractivity contribution >= 4 is 17.2 Å². The molecule has 1 atom stereocenters. The van der Waals surface area contributed by atoms with Crippen LogP contribution in [0.4, 0.5) is 5.82 Å². The van der Waals surface area contributed by atoms with Gasteiger partial charge in [-0.05, 0) is 34.6 Å². The maximum absolute atomic E-state index is 4.49. The van der Waals surface area contributed by atoms with E-state index in [0.29, 0.717) is 0 Å². The fourth-order valence-corrected chi connectivity index (χ4v) is 2.78. The molecule has 1 N–H and O–H groups in total. The number of rotatable bonds is 3. The third-order valence-corrected chi connectivity index (χ3v) is 4.14. The molecule has 0 saturated carbocycles. The van der Waals surface area contributed by atoms with Gasteiger partial charge in [-0.1, -0.05) is 0 Å². The number of hydrogen-bond donors (Lipinski definition) is 1. The van der Waals surface area contributed by atoms with Crippen LogP contribution in [0, 0.1) is 27.7 Å². The molecule has 2 aromatic rings. The zero-order chi connectivity index (χ0) is 13.3. The number of thiazole rings is 1. The van der Waals surface area contributed by atoms with Gasteiger partial charge in [-0.2, -0.15) is 0 Å². The summed E-state index contributed by atoms with van der Waals surface area (Å²) in [7, 11) is 0. The number of hydrogen-bond acceptors (Lipinski definition) is 5.